The van der Waals surface area contributed by atoms with E-state index in [1.165, 1.54) is 23.4 Å². The van der Waals surface area contributed by atoms with Crippen LogP contribution >= 0.6 is 0 Å². The molecule has 27 heavy (non-hydrogen) atoms. The zero-order valence-electron chi connectivity index (χ0n) is 14.9. The van der Waals surface area contributed by atoms with Gasteiger partial charge in [-0.25, -0.2) is 8.42 Å². The Labute approximate surface area is 158 Å². The highest BCUT2D eigenvalue weighted by molar-refractivity contribution is 7.89. The van der Waals surface area contributed by atoms with Crippen LogP contribution in [0.3, 0.4) is 0 Å². The van der Waals surface area contributed by atoms with E-state index in [1.807, 2.05) is 0 Å². The number of rotatable bonds is 5. The lowest BCUT2D eigenvalue weighted by molar-refractivity contribution is -0.114. The highest BCUT2D eigenvalue weighted by Crippen LogP contribution is 2.23. The van der Waals surface area contributed by atoms with Gasteiger partial charge in [0, 0.05) is 37.0 Å². The Bertz CT molecular complexity index is 949. The predicted molar refractivity (Wildman–Crippen MR) is 103 cm³/mol. The monoisotopic (exact) mass is 387 g/mol. The molecule has 8 heteroatoms. The summed E-state index contributed by atoms with van der Waals surface area (Å²) in [6, 6.07) is 12.7. The molecule has 1 aliphatic heterocycles. The summed E-state index contributed by atoms with van der Waals surface area (Å²) in [5, 5.41) is 5.34. The molecule has 2 aromatic carbocycles. The largest absolute Gasteiger partial charge is 0.326 e. The number of benzene rings is 2. The molecule has 0 saturated carbocycles. The van der Waals surface area contributed by atoms with Gasteiger partial charge in [-0.3, -0.25) is 9.59 Å². The van der Waals surface area contributed by atoms with Crippen molar-refractivity contribution in [3.63, 3.8) is 0 Å². The lowest BCUT2D eigenvalue weighted by Crippen LogP contribution is -2.27. The molecule has 1 fully saturated rings. The summed E-state index contributed by atoms with van der Waals surface area (Å²) in [6.07, 6.45) is 1.73. The van der Waals surface area contributed by atoms with Crippen molar-refractivity contribution in [1.82, 2.24) is 4.31 Å². The smallest absolute Gasteiger partial charge is 0.255 e. The van der Waals surface area contributed by atoms with E-state index in [4.69, 9.17) is 0 Å². The van der Waals surface area contributed by atoms with Crippen molar-refractivity contribution < 1.29 is 18.0 Å². The van der Waals surface area contributed by atoms with E-state index < -0.39 is 10.0 Å². The summed E-state index contributed by atoms with van der Waals surface area (Å²) in [7, 11) is -3.54. The van der Waals surface area contributed by atoms with Crippen LogP contribution < -0.4 is 10.6 Å². The number of carbonyl (C=O) groups is 2. The Balaban J connectivity index is 1.74. The molecule has 1 aliphatic rings. The first-order chi connectivity index (χ1) is 12.9. The van der Waals surface area contributed by atoms with Gasteiger partial charge in [0.25, 0.3) is 5.91 Å². The molecule has 0 aromatic heterocycles. The topological polar surface area (TPSA) is 95.6 Å². The molecule has 1 saturated heterocycles. The van der Waals surface area contributed by atoms with Crippen LogP contribution in [0.2, 0.25) is 0 Å². The van der Waals surface area contributed by atoms with E-state index in [-0.39, 0.29) is 16.7 Å². The van der Waals surface area contributed by atoms with Crippen LogP contribution in [0.4, 0.5) is 11.4 Å². The minimum absolute atomic E-state index is 0.170. The van der Waals surface area contributed by atoms with Gasteiger partial charge in [0.05, 0.1) is 4.90 Å². The fraction of sp³-hybridized carbons (Fsp3) is 0.263. The fourth-order valence-electron chi connectivity index (χ4n) is 2.92. The molecule has 3 rings (SSSR count). The van der Waals surface area contributed by atoms with Crippen molar-refractivity contribution in [2.24, 2.45) is 0 Å². The maximum absolute atomic E-state index is 12.6. The van der Waals surface area contributed by atoms with Gasteiger partial charge in [0.15, 0.2) is 0 Å². The second-order valence-corrected chi connectivity index (χ2v) is 8.29. The molecule has 0 spiro atoms. The van der Waals surface area contributed by atoms with Crippen LogP contribution in [0, 0.1) is 0 Å². The van der Waals surface area contributed by atoms with Crippen molar-refractivity contribution >= 4 is 33.2 Å². The van der Waals surface area contributed by atoms with Gasteiger partial charge >= 0.3 is 0 Å². The molecule has 2 N–H and O–H groups in total. The van der Waals surface area contributed by atoms with Gasteiger partial charge < -0.3 is 10.6 Å². The number of nitrogens with zero attached hydrogens (tertiary/aromatic N) is 1. The molecule has 2 amide bonds. The Morgan fingerprint density at radius 3 is 2.22 bits per heavy atom. The van der Waals surface area contributed by atoms with Crippen LogP contribution in [0.1, 0.15) is 30.1 Å². The highest BCUT2D eigenvalue weighted by Gasteiger charge is 2.27. The van der Waals surface area contributed by atoms with Gasteiger partial charge in [-0.1, -0.05) is 6.07 Å². The molecule has 0 unspecified atom stereocenters. The van der Waals surface area contributed by atoms with Gasteiger partial charge in [0.1, 0.15) is 0 Å². The molecule has 2 aromatic rings. The second kappa shape index (κ2) is 7.89. The summed E-state index contributed by atoms with van der Waals surface area (Å²) in [5.41, 5.74) is 1.40. The highest BCUT2D eigenvalue weighted by atomic mass is 32.2. The number of hydrogen-bond donors (Lipinski definition) is 2. The molecule has 0 radical (unpaired) electrons. The van der Waals surface area contributed by atoms with E-state index in [0.29, 0.717) is 30.0 Å². The molecule has 1 heterocycles. The van der Waals surface area contributed by atoms with E-state index in [1.54, 1.807) is 36.4 Å². The summed E-state index contributed by atoms with van der Waals surface area (Å²) >= 11 is 0. The lowest BCUT2D eigenvalue weighted by Gasteiger charge is -2.16. The van der Waals surface area contributed by atoms with Crippen molar-refractivity contribution in [3.8, 4) is 0 Å². The number of anilines is 2. The Morgan fingerprint density at radius 2 is 1.59 bits per heavy atom. The van der Waals surface area contributed by atoms with Gasteiger partial charge in [0.2, 0.25) is 15.9 Å². The van der Waals surface area contributed by atoms with Crippen molar-refractivity contribution in [3.05, 3.63) is 54.1 Å². The minimum atomic E-state index is -3.54. The molecule has 0 bridgehead atoms. The van der Waals surface area contributed by atoms with Crippen LogP contribution in [0.15, 0.2) is 53.4 Å². The van der Waals surface area contributed by atoms with Crippen LogP contribution in [0.5, 0.6) is 0 Å². The lowest BCUT2D eigenvalue weighted by atomic mass is 10.2. The standard InChI is InChI=1S/C19H21N3O4S/c1-14(23)20-16-9-7-15(8-10-16)19(24)21-17-5-4-6-18(13-17)27(25,26)22-11-2-3-12-22/h4-10,13H,2-3,11-12H2,1H3,(H,20,23)(H,21,24). The summed E-state index contributed by atoms with van der Waals surface area (Å²) in [6.45, 7) is 2.46. The minimum Gasteiger partial charge on any atom is -0.326 e. The number of sulfonamides is 1. The maximum atomic E-state index is 12.6. The summed E-state index contributed by atoms with van der Waals surface area (Å²) in [4.78, 5) is 23.6. The van der Waals surface area contributed by atoms with Crippen LogP contribution in [-0.2, 0) is 14.8 Å². The number of carbonyl (C=O) groups excluding carboxylic acids is 2. The first-order valence-electron chi connectivity index (χ1n) is 8.65. The molecule has 7 nitrogen and oxygen atoms in total. The van der Waals surface area contributed by atoms with E-state index in [0.717, 1.165) is 12.8 Å². The third kappa shape index (κ3) is 4.53. The molecule has 142 valence electrons. The Kier molecular flexibility index (Phi) is 5.57. The van der Waals surface area contributed by atoms with Gasteiger partial charge in [-0.05, 0) is 55.3 Å². The van der Waals surface area contributed by atoms with E-state index in [2.05, 4.69) is 10.6 Å². The van der Waals surface area contributed by atoms with Crippen molar-refractivity contribution in [2.75, 3.05) is 23.7 Å². The first kappa shape index (κ1) is 19.1. The maximum Gasteiger partial charge on any atom is 0.255 e. The van der Waals surface area contributed by atoms with Crippen LogP contribution in [0.25, 0.3) is 0 Å². The first-order valence-corrected chi connectivity index (χ1v) is 10.1. The fourth-order valence-corrected chi connectivity index (χ4v) is 4.49. The van der Waals surface area contributed by atoms with E-state index in [9.17, 15) is 18.0 Å². The third-order valence-corrected chi connectivity index (χ3v) is 6.16. The summed E-state index contributed by atoms with van der Waals surface area (Å²) in [5.74, 6) is -0.552. The van der Waals surface area contributed by atoms with Gasteiger partial charge in [-0.15, -0.1) is 0 Å². The van der Waals surface area contributed by atoms with Crippen molar-refractivity contribution in [1.29, 1.82) is 0 Å². The molecular formula is C19H21N3O4S. The Morgan fingerprint density at radius 1 is 0.926 bits per heavy atom. The SMILES string of the molecule is CC(=O)Nc1ccc(C(=O)Nc2cccc(S(=O)(=O)N3CCCC3)c2)cc1. The summed E-state index contributed by atoms with van der Waals surface area (Å²) < 4.78 is 26.8. The van der Waals surface area contributed by atoms with E-state index >= 15 is 0 Å². The zero-order chi connectivity index (χ0) is 19.4. The molecular weight excluding hydrogens is 366 g/mol. The number of amides is 2. The van der Waals surface area contributed by atoms with Crippen LogP contribution in [-0.4, -0.2) is 37.6 Å². The average molecular weight is 387 g/mol. The number of hydrogen-bond acceptors (Lipinski definition) is 4. The zero-order valence-corrected chi connectivity index (χ0v) is 15.8. The Hall–Kier alpha value is -2.71. The quantitative estimate of drug-likeness (QED) is 0.824. The predicted octanol–water partition coefficient (Wildman–Crippen LogP) is 2.68. The molecule has 0 aliphatic carbocycles. The van der Waals surface area contributed by atoms with Crippen molar-refractivity contribution in [2.45, 2.75) is 24.7 Å². The second-order valence-electron chi connectivity index (χ2n) is 6.35. The van der Waals surface area contributed by atoms with Gasteiger partial charge in [-0.2, -0.15) is 4.31 Å². The molecule has 0 atom stereocenters. The normalized spacial score (nSPS) is 14.7. The average Bonchev–Trinajstić information content (AvgIpc) is 3.17. The number of nitrogens with one attached hydrogen (secondary N) is 2. The third-order valence-electron chi connectivity index (χ3n) is 4.26.